The third kappa shape index (κ3) is 5.41. The van der Waals surface area contributed by atoms with Gasteiger partial charge in [0.25, 0.3) is 0 Å². The number of furan rings is 1. The number of anilines is 3. The summed E-state index contributed by atoms with van der Waals surface area (Å²) >= 11 is 0. The summed E-state index contributed by atoms with van der Waals surface area (Å²) in [5, 5.41) is 4.70. The normalized spacial score (nSPS) is 12.8. The van der Waals surface area contributed by atoms with Crippen LogP contribution in [0.1, 0.15) is 22.3 Å². The molecule has 300 valence electrons. The summed E-state index contributed by atoms with van der Waals surface area (Å²) in [5.74, 6) is 0. The van der Waals surface area contributed by atoms with Crippen LogP contribution in [-0.4, -0.2) is 4.57 Å². The van der Waals surface area contributed by atoms with E-state index in [0.717, 1.165) is 50.3 Å². The molecule has 0 spiro atoms. The van der Waals surface area contributed by atoms with Gasteiger partial charge in [0.15, 0.2) is 0 Å². The molecule has 1 aliphatic rings. The van der Waals surface area contributed by atoms with Crippen molar-refractivity contribution in [1.29, 1.82) is 0 Å². The summed E-state index contributed by atoms with van der Waals surface area (Å²) in [5.41, 5.74) is 17.6. The number of para-hydroxylation sites is 3. The van der Waals surface area contributed by atoms with Gasteiger partial charge in [-0.3, -0.25) is 0 Å². The fourth-order valence-electron chi connectivity index (χ4n) is 10.7. The van der Waals surface area contributed by atoms with E-state index in [2.05, 4.69) is 240 Å². The lowest BCUT2D eigenvalue weighted by Gasteiger charge is -2.35. The van der Waals surface area contributed by atoms with Crippen molar-refractivity contribution >= 4 is 60.8 Å². The topological polar surface area (TPSA) is 21.3 Å². The maximum atomic E-state index is 6.36. The predicted octanol–water partition coefficient (Wildman–Crippen LogP) is 16.2. The summed E-state index contributed by atoms with van der Waals surface area (Å²) < 4.78 is 8.80. The van der Waals surface area contributed by atoms with Crippen LogP contribution in [0.15, 0.2) is 247 Å². The molecule has 0 fully saturated rings. The molecule has 13 rings (SSSR count). The van der Waals surface area contributed by atoms with Crippen molar-refractivity contribution in [2.24, 2.45) is 0 Å². The largest absolute Gasteiger partial charge is 0.456 e. The number of aromatic nitrogens is 1. The molecule has 64 heavy (non-hydrogen) atoms. The van der Waals surface area contributed by atoms with E-state index in [1.807, 2.05) is 12.1 Å². The van der Waals surface area contributed by atoms with Crippen molar-refractivity contribution in [3.63, 3.8) is 0 Å². The first-order valence-corrected chi connectivity index (χ1v) is 22.0. The van der Waals surface area contributed by atoms with Crippen molar-refractivity contribution in [2.45, 2.75) is 5.41 Å². The van der Waals surface area contributed by atoms with E-state index in [4.69, 9.17) is 4.42 Å². The Morgan fingerprint density at radius 2 is 0.859 bits per heavy atom. The molecule has 0 saturated heterocycles. The third-order valence-corrected chi connectivity index (χ3v) is 13.4. The SMILES string of the molecule is c1ccc(-c2cccc(N(c3ccc4c(c3)C(c3ccccc3)(c3ccccc3)c3cc(-n5c6ccccc6c6ccccc65)ccc3-4)c3ccc4oc5ccccc5c4c3)c2)cc1. The summed E-state index contributed by atoms with van der Waals surface area (Å²) in [6, 6.07) is 88.5. The minimum atomic E-state index is -0.639. The highest BCUT2D eigenvalue weighted by atomic mass is 16.3. The van der Waals surface area contributed by atoms with Gasteiger partial charge in [-0.05, 0) is 117 Å². The van der Waals surface area contributed by atoms with Gasteiger partial charge >= 0.3 is 0 Å². The van der Waals surface area contributed by atoms with E-state index in [1.165, 1.54) is 60.8 Å². The predicted molar refractivity (Wildman–Crippen MR) is 265 cm³/mol. The molecule has 2 aromatic heterocycles. The summed E-state index contributed by atoms with van der Waals surface area (Å²) in [4.78, 5) is 2.42. The highest BCUT2D eigenvalue weighted by Gasteiger charge is 2.46. The van der Waals surface area contributed by atoms with Crippen molar-refractivity contribution in [1.82, 2.24) is 4.57 Å². The fourth-order valence-corrected chi connectivity index (χ4v) is 10.7. The molecule has 12 aromatic rings. The van der Waals surface area contributed by atoms with E-state index in [1.54, 1.807) is 0 Å². The molecule has 0 amide bonds. The first-order chi connectivity index (χ1) is 31.7. The molecule has 2 heterocycles. The van der Waals surface area contributed by atoms with Crippen molar-refractivity contribution in [2.75, 3.05) is 4.90 Å². The van der Waals surface area contributed by atoms with Gasteiger partial charge in [-0.1, -0.05) is 170 Å². The molecule has 3 nitrogen and oxygen atoms in total. The Hall–Kier alpha value is -8.40. The lowest BCUT2D eigenvalue weighted by atomic mass is 9.67. The molecule has 0 aliphatic heterocycles. The van der Waals surface area contributed by atoms with Gasteiger partial charge in [0.05, 0.1) is 16.4 Å². The quantitative estimate of drug-likeness (QED) is 0.160. The molecule has 0 bridgehead atoms. The average Bonchev–Trinajstić information content (AvgIpc) is 4.01. The Balaban J connectivity index is 1.08. The minimum absolute atomic E-state index is 0.639. The van der Waals surface area contributed by atoms with Gasteiger partial charge in [0.2, 0.25) is 0 Å². The number of fused-ring (bicyclic) bond motifs is 9. The van der Waals surface area contributed by atoms with E-state index >= 15 is 0 Å². The molecule has 0 unspecified atom stereocenters. The molecule has 3 heteroatoms. The molecule has 0 atom stereocenters. The summed E-state index contributed by atoms with van der Waals surface area (Å²) in [6.45, 7) is 0. The molecule has 0 saturated carbocycles. The van der Waals surface area contributed by atoms with Gasteiger partial charge < -0.3 is 13.9 Å². The molecular weight excluding hydrogens is 777 g/mol. The zero-order valence-electron chi connectivity index (χ0n) is 34.9. The second kappa shape index (κ2) is 14.3. The smallest absolute Gasteiger partial charge is 0.135 e. The van der Waals surface area contributed by atoms with Crippen LogP contribution >= 0.6 is 0 Å². The van der Waals surface area contributed by atoms with Crippen molar-refractivity contribution < 1.29 is 4.42 Å². The van der Waals surface area contributed by atoms with Crippen molar-refractivity contribution in [3.8, 4) is 27.9 Å². The molecule has 10 aromatic carbocycles. The maximum Gasteiger partial charge on any atom is 0.135 e. The summed E-state index contributed by atoms with van der Waals surface area (Å²) in [6.07, 6.45) is 0. The average molecular weight is 817 g/mol. The minimum Gasteiger partial charge on any atom is -0.456 e. The monoisotopic (exact) mass is 816 g/mol. The Morgan fingerprint density at radius 3 is 1.56 bits per heavy atom. The van der Waals surface area contributed by atoms with Crippen LogP contribution in [0.25, 0.3) is 71.7 Å². The number of nitrogens with zero attached hydrogens (tertiary/aromatic N) is 2. The van der Waals surface area contributed by atoms with Crippen LogP contribution in [-0.2, 0) is 5.41 Å². The van der Waals surface area contributed by atoms with E-state index in [-0.39, 0.29) is 0 Å². The Bertz CT molecular complexity index is 3640. The lowest BCUT2D eigenvalue weighted by molar-refractivity contribution is 0.669. The van der Waals surface area contributed by atoms with Crippen LogP contribution in [0.5, 0.6) is 0 Å². The number of hydrogen-bond donors (Lipinski definition) is 0. The zero-order chi connectivity index (χ0) is 42.2. The van der Waals surface area contributed by atoms with Crippen molar-refractivity contribution in [3.05, 3.63) is 265 Å². The maximum absolute atomic E-state index is 6.36. The van der Waals surface area contributed by atoms with Gasteiger partial charge in [-0.15, -0.1) is 0 Å². The van der Waals surface area contributed by atoms with E-state index < -0.39 is 5.41 Å². The second-order valence-electron chi connectivity index (χ2n) is 16.8. The highest BCUT2D eigenvalue weighted by Crippen LogP contribution is 2.58. The zero-order valence-corrected chi connectivity index (χ0v) is 34.9. The van der Waals surface area contributed by atoms with E-state index in [9.17, 15) is 0 Å². The van der Waals surface area contributed by atoms with Crippen LogP contribution in [0.2, 0.25) is 0 Å². The standard InChI is InChI=1S/C61H40N2O/c1-4-17-41(18-5-1)42-19-16-24-45(37-42)62(46-33-36-60-54(38-46)53-27-12-15-30-59(53)64-60)47-31-34-49-50-35-32-48(63-57-28-13-10-25-51(57)52-26-11-14-29-58(52)63)40-56(50)61(55(49)39-47,43-20-6-2-7-21-43)44-22-8-3-9-23-44/h1-40H. The first kappa shape index (κ1) is 36.3. The van der Waals surface area contributed by atoms with Crippen LogP contribution < -0.4 is 4.90 Å². The van der Waals surface area contributed by atoms with Gasteiger partial charge in [-0.2, -0.15) is 0 Å². The highest BCUT2D eigenvalue weighted by molar-refractivity contribution is 6.09. The van der Waals surface area contributed by atoms with Gasteiger partial charge in [0, 0.05) is 44.3 Å². The third-order valence-electron chi connectivity index (χ3n) is 13.4. The number of benzene rings is 10. The van der Waals surface area contributed by atoms with Crippen LogP contribution in [0.4, 0.5) is 17.1 Å². The van der Waals surface area contributed by atoms with Crippen LogP contribution in [0.3, 0.4) is 0 Å². The number of hydrogen-bond acceptors (Lipinski definition) is 2. The van der Waals surface area contributed by atoms with Gasteiger partial charge in [-0.25, -0.2) is 0 Å². The Kier molecular flexibility index (Phi) is 8.13. The molecule has 1 aliphatic carbocycles. The van der Waals surface area contributed by atoms with E-state index in [0.29, 0.717) is 0 Å². The Morgan fingerprint density at radius 1 is 0.344 bits per heavy atom. The fraction of sp³-hybridized carbons (Fsp3) is 0.0164. The molecular formula is C61H40N2O. The second-order valence-corrected chi connectivity index (χ2v) is 16.8. The van der Waals surface area contributed by atoms with Crippen LogP contribution in [0, 0.1) is 0 Å². The lowest BCUT2D eigenvalue weighted by Crippen LogP contribution is -2.29. The first-order valence-electron chi connectivity index (χ1n) is 22.0. The number of rotatable bonds is 7. The Labute approximate surface area is 371 Å². The summed E-state index contributed by atoms with van der Waals surface area (Å²) in [7, 11) is 0. The molecule has 0 radical (unpaired) electrons. The van der Waals surface area contributed by atoms with Gasteiger partial charge in [0.1, 0.15) is 11.2 Å². The molecule has 0 N–H and O–H groups in total.